The van der Waals surface area contributed by atoms with Crippen LogP contribution in [0.15, 0.2) is 18.2 Å². The fourth-order valence-corrected chi connectivity index (χ4v) is 5.77. The third kappa shape index (κ3) is 2.86. The quantitative estimate of drug-likeness (QED) is 0.837. The predicted molar refractivity (Wildman–Crippen MR) is 102 cm³/mol. The van der Waals surface area contributed by atoms with Crippen LogP contribution in [0.4, 0.5) is 0 Å². The third-order valence-corrected chi connectivity index (χ3v) is 6.93. The molecule has 1 aromatic carbocycles. The average molecular weight is 350 g/mol. The minimum absolute atomic E-state index is 0. The van der Waals surface area contributed by atoms with Crippen LogP contribution in [0.5, 0.6) is 5.75 Å². The summed E-state index contributed by atoms with van der Waals surface area (Å²) in [6.45, 7) is 7.20. The lowest BCUT2D eigenvalue weighted by Gasteiger charge is -2.59. The van der Waals surface area contributed by atoms with E-state index >= 15 is 0 Å². The van der Waals surface area contributed by atoms with Crippen LogP contribution >= 0.6 is 12.4 Å². The monoisotopic (exact) mass is 349 g/mol. The molecule has 3 atom stereocenters. The molecule has 2 nitrogen and oxygen atoms in total. The average Bonchev–Trinajstić information content (AvgIpc) is 2.54. The number of likely N-dealkylation sites (tertiary alicyclic amines) is 1. The van der Waals surface area contributed by atoms with Crippen molar-refractivity contribution in [2.75, 3.05) is 13.1 Å². The van der Waals surface area contributed by atoms with Crippen LogP contribution in [-0.4, -0.2) is 29.1 Å². The summed E-state index contributed by atoms with van der Waals surface area (Å²) in [7, 11) is 0. The van der Waals surface area contributed by atoms with Gasteiger partial charge >= 0.3 is 0 Å². The summed E-state index contributed by atoms with van der Waals surface area (Å²) >= 11 is 0. The molecule has 1 saturated heterocycles. The molecule has 2 aliphatic carbocycles. The lowest BCUT2D eigenvalue weighted by Crippen LogP contribution is -2.61. The van der Waals surface area contributed by atoms with E-state index in [1.807, 2.05) is 6.07 Å². The van der Waals surface area contributed by atoms with Crippen LogP contribution < -0.4 is 0 Å². The normalized spacial score (nSPS) is 32.0. The van der Waals surface area contributed by atoms with Crippen molar-refractivity contribution in [1.29, 1.82) is 0 Å². The van der Waals surface area contributed by atoms with Crippen molar-refractivity contribution >= 4 is 12.4 Å². The van der Waals surface area contributed by atoms with Crippen molar-refractivity contribution in [3.63, 3.8) is 0 Å². The predicted octanol–water partition coefficient (Wildman–Crippen LogP) is 4.92. The van der Waals surface area contributed by atoms with Crippen molar-refractivity contribution in [3.05, 3.63) is 29.3 Å². The summed E-state index contributed by atoms with van der Waals surface area (Å²) in [6.07, 6.45) is 9.29. The van der Waals surface area contributed by atoms with Crippen molar-refractivity contribution in [2.24, 2.45) is 11.8 Å². The van der Waals surface area contributed by atoms with Gasteiger partial charge in [0, 0.05) is 11.5 Å². The number of aromatic hydroxyl groups is 1. The van der Waals surface area contributed by atoms with E-state index in [4.69, 9.17) is 0 Å². The Kier molecular flexibility index (Phi) is 5.18. The molecule has 2 bridgehead atoms. The Hall–Kier alpha value is -0.730. The molecule has 1 saturated carbocycles. The van der Waals surface area contributed by atoms with E-state index in [9.17, 15) is 5.11 Å². The number of fused-ring (bicyclic) bond motifs is 1. The van der Waals surface area contributed by atoms with Gasteiger partial charge in [0.2, 0.25) is 0 Å². The van der Waals surface area contributed by atoms with E-state index < -0.39 is 0 Å². The first-order valence-corrected chi connectivity index (χ1v) is 9.66. The van der Waals surface area contributed by atoms with Crippen LogP contribution in [0, 0.1) is 11.8 Å². The molecule has 2 fully saturated rings. The van der Waals surface area contributed by atoms with Crippen molar-refractivity contribution < 1.29 is 5.11 Å². The highest BCUT2D eigenvalue weighted by atomic mass is 35.5. The second-order valence-electron chi connectivity index (χ2n) is 8.59. The van der Waals surface area contributed by atoms with E-state index in [1.165, 1.54) is 69.2 Å². The van der Waals surface area contributed by atoms with Gasteiger partial charge in [-0.25, -0.2) is 0 Å². The molecule has 3 aliphatic rings. The minimum Gasteiger partial charge on any atom is -0.508 e. The van der Waals surface area contributed by atoms with Crippen LogP contribution in [0.2, 0.25) is 0 Å². The number of nitrogens with zero attached hydrogens (tertiary/aromatic N) is 1. The van der Waals surface area contributed by atoms with Crippen molar-refractivity contribution in [2.45, 2.75) is 70.3 Å². The molecule has 3 heteroatoms. The Morgan fingerprint density at radius 2 is 2.08 bits per heavy atom. The zero-order chi connectivity index (χ0) is 16.0. The molecule has 0 spiro atoms. The lowest BCUT2D eigenvalue weighted by atomic mass is 9.52. The van der Waals surface area contributed by atoms with Crippen molar-refractivity contribution in [1.82, 2.24) is 4.90 Å². The fourth-order valence-electron chi connectivity index (χ4n) is 5.77. The fraction of sp³-hybridized carbons (Fsp3) is 0.714. The summed E-state index contributed by atoms with van der Waals surface area (Å²) in [5.41, 5.74) is 3.38. The van der Waals surface area contributed by atoms with Gasteiger partial charge in [-0.2, -0.15) is 0 Å². The Labute approximate surface area is 153 Å². The number of phenols is 1. The lowest BCUT2D eigenvalue weighted by molar-refractivity contribution is -0.0130. The van der Waals surface area contributed by atoms with Crippen LogP contribution in [0.1, 0.15) is 63.5 Å². The second kappa shape index (κ2) is 6.88. The van der Waals surface area contributed by atoms with Gasteiger partial charge in [0.1, 0.15) is 5.75 Å². The van der Waals surface area contributed by atoms with Gasteiger partial charge in [-0.15, -0.1) is 12.4 Å². The molecule has 0 amide bonds. The molecule has 1 heterocycles. The molecular weight excluding hydrogens is 318 g/mol. The van der Waals surface area contributed by atoms with E-state index in [0.717, 1.165) is 17.9 Å². The maximum atomic E-state index is 10.1. The maximum absolute atomic E-state index is 10.1. The number of hydrogen-bond acceptors (Lipinski definition) is 2. The van der Waals surface area contributed by atoms with E-state index in [-0.39, 0.29) is 12.4 Å². The minimum atomic E-state index is 0. The highest BCUT2D eigenvalue weighted by Gasteiger charge is 2.53. The molecule has 0 radical (unpaired) electrons. The Morgan fingerprint density at radius 3 is 2.88 bits per heavy atom. The molecule has 1 aliphatic heterocycles. The first-order chi connectivity index (χ1) is 11.1. The molecule has 0 aromatic heterocycles. The first kappa shape index (κ1) is 18.1. The SMILES string of the molecule is CC(C)CCN1CC[C@]23CCCC[C@H]2[C@@H]1Cc1ccc(O)cc13.Cl. The molecule has 134 valence electrons. The van der Waals surface area contributed by atoms with Gasteiger partial charge in [-0.1, -0.05) is 32.8 Å². The molecule has 1 aromatic rings. The van der Waals surface area contributed by atoms with Gasteiger partial charge in [0.25, 0.3) is 0 Å². The summed E-state index contributed by atoms with van der Waals surface area (Å²) in [5, 5.41) is 10.1. The van der Waals surface area contributed by atoms with Gasteiger partial charge in [0.05, 0.1) is 0 Å². The molecular formula is C21H32ClNO. The number of rotatable bonds is 3. The first-order valence-electron chi connectivity index (χ1n) is 9.66. The highest BCUT2D eigenvalue weighted by Crippen LogP contribution is 2.56. The van der Waals surface area contributed by atoms with Gasteiger partial charge < -0.3 is 5.11 Å². The summed E-state index contributed by atoms with van der Waals surface area (Å²) in [4.78, 5) is 2.81. The molecule has 1 N–H and O–H groups in total. The third-order valence-electron chi connectivity index (χ3n) is 6.93. The van der Waals surface area contributed by atoms with E-state index in [2.05, 4.69) is 30.9 Å². The Balaban J connectivity index is 0.00000169. The second-order valence-corrected chi connectivity index (χ2v) is 8.59. The number of hydrogen-bond donors (Lipinski definition) is 1. The van der Waals surface area contributed by atoms with E-state index in [0.29, 0.717) is 11.2 Å². The van der Waals surface area contributed by atoms with Crippen molar-refractivity contribution in [3.8, 4) is 5.75 Å². The highest BCUT2D eigenvalue weighted by molar-refractivity contribution is 5.85. The van der Waals surface area contributed by atoms with Gasteiger partial charge in [-0.3, -0.25) is 4.90 Å². The number of benzene rings is 1. The largest absolute Gasteiger partial charge is 0.508 e. The summed E-state index contributed by atoms with van der Waals surface area (Å²) in [6, 6.07) is 6.94. The van der Waals surface area contributed by atoms with E-state index in [1.54, 1.807) is 0 Å². The summed E-state index contributed by atoms with van der Waals surface area (Å²) in [5.74, 6) is 2.07. The number of halogens is 1. The van der Waals surface area contributed by atoms with Crippen LogP contribution in [0.3, 0.4) is 0 Å². The molecule has 0 unspecified atom stereocenters. The Bertz CT molecular complexity index is 587. The number of phenolic OH excluding ortho intramolecular Hbond substituents is 1. The van der Waals surface area contributed by atoms with Gasteiger partial charge in [0.15, 0.2) is 0 Å². The number of piperidine rings is 1. The zero-order valence-electron chi connectivity index (χ0n) is 15.1. The molecule has 4 rings (SSSR count). The topological polar surface area (TPSA) is 23.5 Å². The van der Waals surface area contributed by atoms with Crippen LogP contribution in [0.25, 0.3) is 0 Å². The zero-order valence-corrected chi connectivity index (χ0v) is 15.9. The smallest absolute Gasteiger partial charge is 0.115 e. The standard InChI is InChI=1S/C21H31NO.ClH/c1-15(2)8-11-22-12-10-21-9-4-3-5-18(21)20(22)13-16-6-7-17(23)14-19(16)21;/h6-7,14-15,18,20,23H,3-5,8-13H2,1-2H3;1H/t18-,20-,21+;/m0./s1. The molecule has 24 heavy (non-hydrogen) atoms. The van der Waals surface area contributed by atoms with Gasteiger partial charge in [-0.05, 0) is 80.3 Å². The van der Waals surface area contributed by atoms with Crippen LogP contribution in [-0.2, 0) is 11.8 Å². The maximum Gasteiger partial charge on any atom is 0.115 e. The summed E-state index contributed by atoms with van der Waals surface area (Å²) < 4.78 is 0. The Morgan fingerprint density at radius 1 is 1.25 bits per heavy atom.